The zero-order valence-electron chi connectivity index (χ0n) is 22.6. The van der Waals surface area contributed by atoms with Crippen LogP contribution in [0.4, 0.5) is 11.4 Å². The van der Waals surface area contributed by atoms with E-state index in [1.54, 1.807) is 11.8 Å². The molecule has 4 aliphatic rings. The van der Waals surface area contributed by atoms with Crippen LogP contribution in [0.15, 0.2) is 88.7 Å². The van der Waals surface area contributed by atoms with Crippen LogP contribution in [0.5, 0.6) is 5.75 Å². The van der Waals surface area contributed by atoms with Gasteiger partial charge < -0.3 is 9.72 Å². The van der Waals surface area contributed by atoms with Gasteiger partial charge in [-0.3, -0.25) is 29.4 Å². The molecular weight excluding hydrogens is 587 g/mol. The Balaban J connectivity index is 1.14. The SMILES string of the molecule is O=C1C2C(C(=O)N1c1ccc([N+](=O)[O-])cc1)[C@@H]1C[C@H]2C2Sc3[nH]c(=O)sc3C(c3cccc(OCc4ccccc4)c3)C21. The van der Waals surface area contributed by atoms with Crippen molar-refractivity contribution in [1.29, 1.82) is 0 Å². The van der Waals surface area contributed by atoms with Crippen LogP contribution in [0, 0.1) is 39.7 Å². The van der Waals surface area contributed by atoms with Crippen molar-refractivity contribution in [2.45, 2.75) is 29.2 Å². The highest BCUT2D eigenvalue weighted by atomic mass is 32.2. The molecule has 11 heteroatoms. The lowest BCUT2D eigenvalue weighted by molar-refractivity contribution is -0.384. The fraction of sp³-hybridized carbons (Fsp3) is 0.281. The summed E-state index contributed by atoms with van der Waals surface area (Å²) in [7, 11) is 0. The van der Waals surface area contributed by atoms with Crippen molar-refractivity contribution in [3.63, 3.8) is 0 Å². The van der Waals surface area contributed by atoms with Gasteiger partial charge in [0.2, 0.25) is 11.8 Å². The van der Waals surface area contributed by atoms with Crippen molar-refractivity contribution < 1.29 is 19.2 Å². The number of H-pyrrole nitrogens is 1. The monoisotopic (exact) mass is 611 g/mol. The van der Waals surface area contributed by atoms with Gasteiger partial charge in [0.15, 0.2) is 0 Å². The van der Waals surface area contributed by atoms with Gasteiger partial charge in [-0.1, -0.05) is 53.8 Å². The smallest absolute Gasteiger partial charge is 0.305 e. The molecule has 2 bridgehead atoms. The highest BCUT2D eigenvalue weighted by Gasteiger charge is 2.69. The van der Waals surface area contributed by atoms with E-state index in [2.05, 4.69) is 11.1 Å². The minimum atomic E-state index is -0.501. The van der Waals surface area contributed by atoms with Gasteiger partial charge in [-0.2, -0.15) is 0 Å². The number of aromatic amines is 1. The molecule has 3 fully saturated rings. The summed E-state index contributed by atoms with van der Waals surface area (Å²) in [5, 5.41) is 12.1. The fourth-order valence-electron chi connectivity index (χ4n) is 7.91. The number of carbonyl (C=O) groups is 2. The molecule has 8 rings (SSSR count). The highest BCUT2D eigenvalue weighted by Crippen LogP contribution is 2.68. The van der Waals surface area contributed by atoms with E-state index in [1.165, 1.54) is 40.5 Å². The highest BCUT2D eigenvalue weighted by molar-refractivity contribution is 8.00. The second-order valence-electron chi connectivity index (χ2n) is 11.6. The normalized spacial score (nSPS) is 28.5. The number of non-ortho nitro benzene ring substituents is 1. The second kappa shape index (κ2) is 9.92. The van der Waals surface area contributed by atoms with Crippen LogP contribution in [-0.2, 0) is 16.2 Å². The number of nitro benzene ring substituents is 1. The number of ether oxygens (including phenoxy) is 1. The first-order valence-electron chi connectivity index (χ1n) is 14.2. The van der Waals surface area contributed by atoms with Gasteiger partial charge in [0.1, 0.15) is 12.4 Å². The largest absolute Gasteiger partial charge is 0.489 e. The number of hydrogen-bond acceptors (Lipinski definition) is 8. The van der Waals surface area contributed by atoms with Gasteiger partial charge in [0, 0.05) is 28.2 Å². The molecule has 3 heterocycles. The van der Waals surface area contributed by atoms with Crippen LogP contribution >= 0.6 is 23.1 Å². The molecule has 1 aromatic heterocycles. The number of amides is 2. The van der Waals surface area contributed by atoms with Crippen LogP contribution < -0.4 is 14.5 Å². The standard InChI is InChI=1S/C32H25N3O6S2/c36-30-25-21-14-22(26(25)31(37)34(30)18-9-11-19(12-10-18)35(39)40)27-24(21)23(28-29(42-27)33-32(38)43-28)17-7-4-8-20(13-17)41-15-16-5-2-1-3-6-16/h1-13,21-27H,14-15H2,(H,33,38)/t21-,22-,23?,24?,25?,26?,27?/m1/s1. The Labute approximate surface area is 254 Å². The van der Waals surface area contributed by atoms with E-state index in [-0.39, 0.29) is 51.3 Å². The number of hydrogen-bond donors (Lipinski definition) is 1. The minimum absolute atomic E-state index is 0.0129. The first-order valence-corrected chi connectivity index (χ1v) is 15.9. The molecule has 43 heavy (non-hydrogen) atoms. The molecule has 5 unspecified atom stereocenters. The van der Waals surface area contributed by atoms with Gasteiger partial charge in [0.25, 0.3) is 5.69 Å². The molecule has 216 valence electrons. The van der Waals surface area contributed by atoms with E-state index in [1.807, 2.05) is 48.5 Å². The third-order valence-electron chi connectivity index (χ3n) is 9.51. The Morgan fingerprint density at radius 1 is 0.930 bits per heavy atom. The van der Waals surface area contributed by atoms with Crippen LogP contribution in [0.2, 0.25) is 0 Å². The lowest BCUT2D eigenvalue weighted by Gasteiger charge is -2.43. The average Bonchev–Trinajstić information content (AvgIpc) is 3.75. The Morgan fingerprint density at radius 3 is 2.42 bits per heavy atom. The molecule has 7 atom stereocenters. The zero-order chi connectivity index (χ0) is 29.4. The molecule has 1 saturated heterocycles. The second-order valence-corrected chi connectivity index (χ2v) is 13.8. The Hall–Kier alpha value is -4.22. The summed E-state index contributed by atoms with van der Waals surface area (Å²) >= 11 is 2.87. The number of nitro groups is 1. The molecule has 2 saturated carbocycles. The minimum Gasteiger partial charge on any atom is -0.489 e. The molecule has 9 nitrogen and oxygen atoms in total. The predicted molar refractivity (Wildman–Crippen MR) is 161 cm³/mol. The van der Waals surface area contributed by atoms with E-state index < -0.39 is 16.8 Å². The average molecular weight is 612 g/mol. The van der Waals surface area contributed by atoms with Crippen molar-refractivity contribution in [3.8, 4) is 5.75 Å². The number of aromatic nitrogens is 1. The van der Waals surface area contributed by atoms with Gasteiger partial charge >= 0.3 is 4.87 Å². The zero-order valence-corrected chi connectivity index (χ0v) is 24.3. The number of carbonyl (C=O) groups excluding carboxylic acids is 2. The maximum absolute atomic E-state index is 13.9. The van der Waals surface area contributed by atoms with Gasteiger partial charge in [-0.05, 0) is 59.6 Å². The van der Waals surface area contributed by atoms with E-state index >= 15 is 0 Å². The lowest BCUT2D eigenvalue weighted by atomic mass is 9.68. The number of thioether (sulfide) groups is 1. The van der Waals surface area contributed by atoms with Crippen molar-refractivity contribution in [3.05, 3.63) is 115 Å². The summed E-state index contributed by atoms with van der Waals surface area (Å²) in [4.78, 5) is 56.1. The molecule has 2 aliphatic heterocycles. The number of fused-ring (bicyclic) bond motifs is 9. The number of nitrogens with one attached hydrogen (secondary N) is 1. The number of imide groups is 1. The summed E-state index contributed by atoms with van der Waals surface area (Å²) in [6.45, 7) is 0.434. The number of nitrogens with zero attached hydrogens (tertiary/aromatic N) is 2. The van der Waals surface area contributed by atoms with Crippen LogP contribution in [0.3, 0.4) is 0 Å². The van der Waals surface area contributed by atoms with Crippen molar-refractivity contribution in [1.82, 2.24) is 4.98 Å². The predicted octanol–water partition coefficient (Wildman–Crippen LogP) is 5.60. The number of thiazole rings is 1. The molecule has 2 amide bonds. The number of anilines is 1. The van der Waals surface area contributed by atoms with Crippen molar-refractivity contribution in [2.24, 2.45) is 29.6 Å². The third kappa shape index (κ3) is 4.09. The molecule has 2 aliphatic carbocycles. The molecular formula is C32H25N3O6S2. The van der Waals surface area contributed by atoms with E-state index in [9.17, 15) is 24.5 Å². The van der Waals surface area contributed by atoms with Gasteiger partial charge in [0.05, 0.1) is 27.5 Å². The van der Waals surface area contributed by atoms with Crippen molar-refractivity contribution in [2.75, 3.05) is 4.90 Å². The number of benzene rings is 3. The molecule has 0 spiro atoms. The van der Waals surface area contributed by atoms with Crippen LogP contribution in [-0.4, -0.2) is 27.0 Å². The summed E-state index contributed by atoms with van der Waals surface area (Å²) in [6, 6.07) is 23.6. The lowest BCUT2D eigenvalue weighted by Crippen LogP contribution is -2.42. The van der Waals surface area contributed by atoms with Gasteiger partial charge in [-0.25, -0.2) is 0 Å². The van der Waals surface area contributed by atoms with E-state index in [0.29, 0.717) is 12.3 Å². The summed E-state index contributed by atoms with van der Waals surface area (Å²) in [6.07, 6.45) is 0.781. The Bertz CT molecular complexity index is 1840. The molecule has 1 N–H and O–H groups in total. The maximum Gasteiger partial charge on any atom is 0.305 e. The summed E-state index contributed by atoms with van der Waals surface area (Å²) < 4.78 is 6.16. The topological polar surface area (TPSA) is 123 Å². The van der Waals surface area contributed by atoms with E-state index in [4.69, 9.17) is 4.74 Å². The van der Waals surface area contributed by atoms with Gasteiger partial charge in [-0.15, -0.1) is 11.8 Å². The number of rotatable bonds is 6. The molecule has 3 aromatic carbocycles. The molecule has 4 aromatic rings. The molecule has 0 radical (unpaired) electrons. The first kappa shape index (κ1) is 26.4. The Morgan fingerprint density at radius 2 is 1.67 bits per heavy atom. The summed E-state index contributed by atoms with van der Waals surface area (Å²) in [5.41, 5.74) is 2.37. The fourth-order valence-corrected chi connectivity index (χ4v) is 10.8. The van der Waals surface area contributed by atoms with Crippen LogP contribution in [0.25, 0.3) is 0 Å². The quantitative estimate of drug-likeness (QED) is 0.171. The van der Waals surface area contributed by atoms with Crippen molar-refractivity contribution >= 4 is 46.3 Å². The van der Waals surface area contributed by atoms with E-state index in [0.717, 1.165) is 33.2 Å². The first-order chi connectivity index (χ1) is 20.9. The Kier molecular flexibility index (Phi) is 6.09. The summed E-state index contributed by atoms with van der Waals surface area (Å²) in [5.74, 6) is -0.706. The third-order valence-corrected chi connectivity index (χ3v) is 12.1. The maximum atomic E-state index is 13.9. The van der Waals surface area contributed by atoms with Crippen LogP contribution in [0.1, 0.15) is 28.3 Å².